The number of benzene rings is 1. The summed E-state index contributed by atoms with van der Waals surface area (Å²) in [4.78, 5) is 22.7. The monoisotopic (exact) mass is 275 g/mol. The highest BCUT2D eigenvalue weighted by Crippen LogP contribution is 2.11. The maximum atomic E-state index is 11.8. The molecule has 6 nitrogen and oxygen atoms in total. The lowest BCUT2D eigenvalue weighted by molar-refractivity contribution is -0.122. The van der Waals surface area contributed by atoms with Crippen LogP contribution in [0.15, 0.2) is 36.0 Å². The van der Waals surface area contributed by atoms with Gasteiger partial charge < -0.3 is 10.1 Å². The van der Waals surface area contributed by atoms with Crippen molar-refractivity contribution in [3.8, 4) is 5.75 Å². The average Bonchev–Trinajstić information content (AvgIpc) is 2.48. The number of rotatable bonds is 5. The first-order valence-electron chi connectivity index (χ1n) is 6.35. The van der Waals surface area contributed by atoms with Crippen LogP contribution < -0.4 is 20.9 Å². The predicted octanol–water partition coefficient (Wildman–Crippen LogP) is 0.262. The van der Waals surface area contributed by atoms with Crippen molar-refractivity contribution in [1.29, 1.82) is 0 Å². The van der Waals surface area contributed by atoms with Crippen LogP contribution in [0.4, 0.5) is 0 Å². The number of carbonyl (C=O) groups is 2. The van der Waals surface area contributed by atoms with Crippen molar-refractivity contribution >= 4 is 11.8 Å². The summed E-state index contributed by atoms with van der Waals surface area (Å²) in [6.45, 7) is 0.526. The lowest BCUT2D eigenvalue weighted by atomic mass is 10.1. The second kappa shape index (κ2) is 6.60. The molecule has 6 heteroatoms. The van der Waals surface area contributed by atoms with Gasteiger partial charge in [-0.15, -0.1) is 0 Å². The maximum absolute atomic E-state index is 11.8. The molecule has 1 aromatic carbocycles. The summed E-state index contributed by atoms with van der Waals surface area (Å²) < 4.78 is 5.08. The van der Waals surface area contributed by atoms with Crippen LogP contribution in [-0.2, 0) is 16.0 Å². The van der Waals surface area contributed by atoms with Crippen LogP contribution in [-0.4, -0.2) is 25.5 Å². The topological polar surface area (TPSA) is 79.5 Å². The fourth-order valence-electron chi connectivity index (χ4n) is 1.79. The molecule has 0 aliphatic carbocycles. The minimum atomic E-state index is -0.224. The van der Waals surface area contributed by atoms with Crippen molar-refractivity contribution in [1.82, 2.24) is 16.2 Å². The van der Waals surface area contributed by atoms with Gasteiger partial charge in [0.25, 0.3) is 5.91 Å². The highest BCUT2D eigenvalue weighted by molar-refractivity contribution is 5.95. The molecule has 1 aliphatic rings. The molecule has 0 aromatic heterocycles. The highest BCUT2D eigenvalue weighted by Gasteiger charge is 2.14. The van der Waals surface area contributed by atoms with E-state index in [-0.39, 0.29) is 18.2 Å². The van der Waals surface area contributed by atoms with Gasteiger partial charge in [0.15, 0.2) is 0 Å². The van der Waals surface area contributed by atoms with Gasteiger partial charge in [-0.2, -0.15) is 0 Å². The first-order chi connectivity index (χ1) is 9.69. The number of ether oxygens (including phenoxy) is 1. The van der Waals surface area contributed by atoms with Gasteiger partial charge in [0.2, 0.25) is 5.91 Å². The van der Waals surface area contributed by atoms with E-state index in [1.54, 1.807) is 13.2 Å². The zero-order valence-corrected chi connectivity index (χ0v) is 11.2. The SMILES string of the molecule is COc1ccc(CCNC(=O)C2=CCC(=O)NN2)cc1. The molecule has 0 saturated heterocycles. The van der Waals surface area contributed by atoms with Crippen molar-refractivity contribution in [2.45, 2.75) is 12.8 Å². The second-order valence-corrected chi connectivity index (χ2v) is 4.35. The molecule has 0 bridgehead atoms. The number of hydrogen-bond acceptors (Lipinski definition) is 4. The number of nitrogens with one attached hydrogen (secondary N) is 3. The van der Waals surface area contributed by atoms with Crippen molar-refractivity contribution in [3.05, 3.63) is 41.6 Å². The van der Waals surface area contributed by atoms with E-state index in [4.69, 9.17) is 4.74 Å². The molecule has 106 valence electrons. The van der Waals surface area contributed by atoms with E-state index in [9.17, 15) is 9.59 Å². The molecule has 0 spiro atoms. The molecule has 3 N–H and O–H groups in total. The second-order valence-electron chi connectivity index (χ2n) is 4.35. The van der Waals surface area contributed by atoms with E-state index < -0.39 is 0 Å². The van der Waals surface area contributed by atoms with Crippen LogP contribution in [0.1, 0.15) is 12.0 Å². The lowest BCUT2D eigenvalue weighted by Crippen LogP contribution is -2.45. The first-order valence-corrected chi connectivity index (χ1v) is 6.35. The molecular formula is C14H17N3O3. The zero-order valence-electron chi connectivity index (χ0n) is 11.2. The van der Waals surface area contributed by atoms with Gasteiger partial charge in [-0.3, -0.25) is 20.4 Å². The van der Waals surface area contributed by atoms with E-state index in [0.29, 0.717) is 12.2 Å². The Balaban J connectivity index is 1.77. The molecule has 1 aromatic rings. The minimum absolute atomic E-state index is 0.153. The summed E-state index contributed by atoms with van der Waals surface area (Å²) in [5.74, 6) is 0.434. The van der Waals surface area contributed by atoms with Crippen molar-refractivity contribution in [3.63, 3.8) is 0 Å². The van der Waals surface area contributed by atoms with Crippen LogP contribution >= 0.6 is 0 Å². The highest BCUT2D eigenvalue weighted by atomic mass is 16.5. The van der Waals surface area contributed by atoms with Crippen LogP contribution in [0.5, 0.6) is 5.75 Å². The Labute approximate surface area is 117 Å². The largest absolute Gasteiger partial charge is 0.497 e. The summed E-state index contributed by atoms with van der Waals surface area (Å²) in [5, 5.41) is 2.79. The van der Waals surface area contributed by atoms with E-state index in [0.717, 1.165) is 17.7 Å². The Morgan fingerprint density at radius 2 is 2.05 bits per heavy atom. The van der Waals surface area contributed by atoms with Crippen LogP contribution in [0.3, 0.4) is 0 Å². The predicted molar refractivity (Wildman–Crippen MR) is 73.7 cm³/mol. The smallest absolute Gasteiger partial charge is 0.268 e. The lowest BCUT2D eigenvalue weighted by Gasteiger charge is -2.16. The number of hydrogen-bond donors (Lipinski definition) is 3. The summed E-state index contributed by atoms with van der Waals surface area (Å²) in [5.41, 5.74) is 6.46. The molecule has 1 heterocycles. The molecule has 2 amide bonds. The average molecular weight is 275 g/mol. The molecule has 0 radical (unpaired) electrons. The Bertz CT molecular complexity index is 523. The third-order valence-corrected chi connectivity index (χ3v) is 2.93. The van der Waals surface area contributed by atoms with Gasteiger partial charge in [-0.05, 0) is 30.2 Å². The van der Waals surface area contributed by atoms with E-state index in [1.807, 2.05) is 24.3 Å². The van der Waals surface area contributed by atoms with E-state index in [1.165, 1.54) is 0 Å². The normalized spacial score (nSPS) is 13.8. The summed E-state index contributed by atoms with van der Waals surface area (Å²) >= 11 is 0. The number of methoxy groups -OCH3 is 1. The molecular weight excluding hydrogens is 258 g/mol. The Morgan fingerprint density at radius 3 is 2.65 bits per heavy atom. The van der Waals surface area contributed by atoms with Gasteiger partial charge >= 0.3 is 0 Å². The molecule has 0 saturated carbocycles. The third kappa shape index (κ3) is 3.74. The zero-order chi connectivity index (χ0) is 14.4. The molecule has 0 fully saturated rings. The van der Waals surface area contributed by atoms with Gasteiger partial charge in [0.05, 0.1) is 7.11 Å². The van der Waals surface area contributed by atoms with Gasteiger partial charge in [-0.25, -0.2) is 0 Å². The molecule has 20 heavy (non-hydrogen) atoms. The van der Waals surface area contributed by atoms with Crippen LogP contribution in [0.2, 0.25) is 0 Å². The van der Waals surface area contributed by atoms with Crippen molar-refractivity contribution in [2.75, 3.05) is 13.7 Å². The fourth-order valence-corrected chi connectivity index (χ4v) is 1.79. The molecule has 2 rings (SSSR count). The summed E-state index contributed by atoms with van der Waals surface area (Å²) in [6, 6.07) is 7.70. The van der Waals surface area contributed by atoms with E-state index >= 15 is 0 Å². The number of amides is 2. The molecule has 0 unspecified atom stereocenters. The summed E-state index contributed by atoms with van der Waals surface area (Å²) in [7, 11) is 1.62. The van der Waals surface area contributed by atoms with Crippen LogP contribution in [0, 0.1) is 0 Å². The fraction of sp³-hybridized carbons (Fsp3) is 0.286. The quantitative estimate of drug-likeness (QED) is 0.720. The Kier molecular flexibility index (Phi) is 4.60. The third-order valence-electron chi connectivity index (χ3n) is 2.93. The minimum Gasteiger partial charge on any atom is -0.497 e. The molecule has 0 atom stereocenters. The van der Waals surface area contributed by atoms with Gasteiger partial charge in [0, 0.05) is 13.0 Å². The van der Waals surface area contributed by atoms with Crippen molar-refractivity contribution in [2.24, 2.45) is 0 Å². The maximum Gasteiger partial charge on any atom is 0.268 e. The first kappa shape index (κ1) is 13.9. The van der Waals surface area contributed by atoms with Crippen LogP contribution in [0.25, 0.3) is 0 Å². The molecule has 1 aliphatic heterocycles. The number of hydrazine groups is 1. The van der Waals surface area contributed by atoms with Gasteiger partial charge in [-0.1, -0.05) is 12.1 Å². The Hall–Kier alpha value is -2.50. The van der Waals surface area contributed by atoms with E-state index in [2.05, 4.69) is 16.2 Å². The van der Waals surface area contributed by atoms with Crippen molar-refractivity contribution < 1.29 is 14.3 Å². The van der Waals surface area contributed by atoms with Gasteiger partial charge in [0.1, 0.15) is 11.4 Å². The standard InChI is InChI=1S/C14H17N3O3/c1-20-11-4-2-10(3-5-11)8-9-15-14(19)12-6-7-13(18)17-16-12/h2-6,16H,7-9H2,1H3,(H,15,19)(H,17,18). The summed E-state index contributed by atoms with van der Waals surface area (Å²) in [6.07, 6.45) is 2.52. The number of carbonyl (C=O) groups excluding carboxylic acids is 2. The Morgan fingerprint density at radius 1 is 1.30 bits per heavy atom.